The summed E-state index contributed by atoms with van der Waals surface area (Å²) in [5, 5.41) is 0.445. The van der Waals surface area contributed by atoms with Crippen LogP contribution in [0.3, 0.4) is 0 Å². The predicted molar refractivity (Wildman–Crippen MR) is 76.9 cm³/mol. The Balaban J connectivity index is 2.49. The molecule has 0 spiro atoms. The second kappa shape index (κ2) is 5.89. The van der Waals surface area contributed by atoms with E-state index in [1.165, 1.54) is 17.3 Å². The van der Waals surface area contributed by atoms with Crippen LogP contribution in [0.5, 0.6) is 0 Å². The molecule has 3 nitrogen and oxygen atoms in total. The van der Waals surface area contributed by atoms with Gasteiger partial charge < -0.3 is 0 Å². The van der Waals surface area contributed by atoms with E-state index >= 15 is 0 Å². The van der Waals surface area contributed by atoms with Crippen molar-refractivity contribution in [1.29, 1.82) is 0 Å². The van der Waals surface area contributed by atoms with Crippen LogP contribution in [0.1, 0.15) is 24.0 Å². The number of hydrogen-bond donors (Lipinski definition) is 0. The van der Waals surface area contributed by atoms with Gasteiger partial charge in [0.1, 0.15) is 0 Å². The molecule has 0 unspecified atom stereocenters. The molecular weight excluding hydrogens is 371 g/mol. The zero-order valence-corrected chi connectivity index (χ0v) is 13.7. The summed E-state index contributed by atoms with van der Waals surface area (Å²) in [6.07, 6.45) is -3.05. The Morgan fingerprint density at radius 2 is 1.95 bits per heavy atom. The molecule has 1 aromatic rings. The first-order valence-electron chi connectivity index (χ1n) is 6.44. The summed E-state index contributed by atoms with van der Waals surface area (Å²) in [5.74, 6) is 0. The lowest BCUT2D eigenvalue weighted by molar-refractivity contribution is -0.138. The Labute approximate surface area is 130 Å². The minimum absolute atomic E-state index is 0.0958. The second-order valence-corrected chi connectivity index (χ2v) is 7.61. The first-order chi connectivity index (χ1) is 9.69. The molecule has 0 N–H and O–H groups in total. The van der Waals surface area contributed by atoms with E-state index in [0.29, 0.717) is 5.33 Å². The third kappa shape index (κ3) is 3.43. The van der Waals surface area contributed by atoms with Crippen LogP contribution in [-0.2, 0) is 16.2 Å². The molecule has 0 amide bonds. The molecule has 1 saturated carbocycles. The van der Waals surface area contributed by atoms with E-state index in [-0.39, 0.29) is 23.0 Å². The molecule has 0 radical (unpaired) electrons. The molecule has 2 rings (SSSR count). The normalized spacial score (nSPS) is 16.5. The van der Waals surface area contributed by atoms with Crippen LogP contribution in [0.25, 0.3) is 0 Å². The van der Waals surface area contributed by atoms with Crippen LogP contribution in [-0.4, -0.2) is 30.6 Å². The fraction of sp³-hybridized carbons (Fsp3) is 0.538. The summed E-state index contributed by atoms with van der Waals surface area (Å²) in [5.41, 5.74) is -1.15. The smallest absolute Gasteiger partial charge is 0.207 e. The monoisotopic (exact) mass is 385 g/mol. The molecule has 0 saturated heterocycles. The van der Waals surface area contributed by atoms with Gasteiger partial charge >= 0.3 is 6.18 Å². The molecular formula is C13H15BrF3NO2S. The standard InChI is InChI=1S/C13H15BrF3NO2S/c1-9-11(13(15,16)17)3-2-4-12(9)21(19,20)18(8-7-14)10-5-6-10/h2-4,10H,5-8H2,1H3. The van der Waals surface area contributed by atoms with Crippen LogP contribution in [0.2, 0.25) is 0 Å². The van der Waals surface area contributed by atoms with E-state index in [0.717, 1.165) is 25.0 Å². The highest BCUT2D eigenvalue weighted by atomic mass is 79.9. The van der Waals surface area contributed by atoms with Gasteiger partial charge in [0.05, 0.1) is 10.5 Å². The van der Waals surface area contributed by atoms with Gasteiger partial charge in [0, 0.05) is 17.9 Å². The summed E-state index contributed by atoms with van der Waals surface area (Å²) in [6.45, 7) is 1.46. The Morgan fingerprint density at radius 3 is 2.43 bits per heavy atom. The SMILES string of the molecule is Cc1c(C(F)(F)F)cccc1S(=O)(=O)N(CCBr)C1CC1. The Kier molecular flexibility index (Phi) is 4.70. The summed E-state index contributed by atoms with van der Waals surface area (Å²) >= 11 is 3.19. The highest BCUT2D eigenvalue weighted by Crippen LogP contribution is 2.37. The van der Waals surface area contributed by atoms with Crippen molar-refractivity contribution in [3.63, 3.8) is 0 Å². The lowest BCUT2D eigenvalue weighted by atomic mass is 10.1. The molecule has 118 valence electrons. The van der Waals surface area contributed by atoms with Gasteiger partial charge in [-0.25, -0.2) is 8.42 Å². The van der Waals surface area contributed by atoms with Crippen LogP contribution in [0.15, 0.2) is 23.1 Å². The highest BCUT2D eigenvalue weighted by Gasteiger charge is 2.40. The third-order valence-corrected chi connectivity index (χ3v) is 5.89. The number of rotatable bonds is 5. The summed E-state index contributed by atoms with van der Waals surface area (Å²) < 4.78 is 65.3. The fourth-order valence-corrected chi connectivity index (χ4v) is 4.82. The van der Waals surface area contributed by atoms with Crippen molar-refractivity contribution in [1.82, 2.24) is 4.31 Å². The molecule has 0 aliphatic heterocycles. The fourth-order valence-electron chi connectivity index (χ4n) is 2.27. The molecule has 1 aromatic carbocycles. The third-order valence-electron chi connectivity index (χ3n) is 3.44. The van der Waals surface area contributed by atoms with Crippen LogP contribution < -0.4 is 0 Å². The van der Waals surface area contributed by atoms with E-state index in [2.05, 4.69) is 15.9 Å². The lowest BCUT2D eigenvalue weighted by Gasteiger charge is -2.23. The van der Waals surface area contributed by atoms with Crippen LogP contribution >= 0.6 is 15.9 Å². The number of halogens is 4. The van der Waals surface area contributed by atoms with Crippen LogP contribution in [0.4, 0.5) is 13.2 Å². The van der Waals surface area contributed by atoms with E-state index in [9.17, 15) is 21.6 Å². The molecule has 1 fully saturated rings. The molecule has 1 aliphatic rings. The molecule has 21 heavy (non-hydrogen) atoms. The van der Waals surface area contributed by atoms with Crippen molar-refractivity contribution in [2.24, 2.45) is 0 Å². The second-order valence-electron chi connectivity index (χ2n) is 4.96. The first-order valence-corrected chi connectivity index (χ1v) is 9.00. The van der Waals surface area contributed by atoms with Crippen molar-refractivity contribution >= 4 is 26.0 Å². The zero-order valence-electron chi connectivity index (χ0n) is 11.3. The number of benzene rings is 1. The zero-order chi connectivity index (χ0) is 15.8. The van der Waals surface area contributed by atoms with E-state index in [1.54, 1.807) is 0 Å². The Morgan fingerprint density at radius 1 is 1.33 bits per heavy atom. The van der Waals surface area contributed by atoms with Gasteiger partial charge in [-0.15, -0.1) is 0 Å². The van der Waals surface area contributed by atoms with Gasteiger partial charge in [-0.05, 0) is 37.5 Å². The van der Waals surface area contributed by atoms with Gasteiger partial charge in [-0.2, -0.15) is 17.5 Å². The number of nitrogens with zero attached hydrogens (tertiary/aromatic N) is 1. The molecule has 0 heterocycles. The topological polar surface area (TPSA) is 37.4 Å². The van der Waals surface area contributed by atoms with Gasteiger partial charge in [0.15, 0.2) is 0 Å². The van der Waals surface area contributed by atoms with Crippen molar-refractivity contribution in [2.45, 2.75) is 36.9 Å². The first kappa shape index (κ1) is 16.8. The Bertz CT molecular complexity index is 627. The summed E-state index contributed by atoms with van der Waals surface area (Å²) in [6, 6.07) is 3.19. The largest absolute Gasteiger partial charge is 0.416 e. The maximum Gasteiger partial charge on any atom is 0.416 e. The van der Waals surface area contributed by atoms with E-state index in [1.807, 2.05) is 0 Å². The van der Waals surface area contributed by atoms with Crippen LogP contribution in [0, 0.1) is 6.92 Å². The number of hydrogen-bond acceptors (Lipinski definition) is 2. The summed E-state index contributed by atoms with van der Waals surface area (Å²) in [7, 11) is -3.91. The maximum atomic E-state index is 12.9. The minimum Gasteiger partial charge on any atom is -0.207 e. The van der Waals surface area contributed by atoms with E-state index < -0.39 is 21.8 Å². The van der Waals surface area contributed by atoms with Crippen molar-refractivity contribution in [3.05, 3.63) is 29.3 Å². The predicted octanol–water partition coefficient (Wildman–Crippen LogP) is 3.56. The van der Waals surface area contributed by atoms with Crippen molar-refractivity contribution in [3.8, 4) is 0 Å². The van der Waals surface area contributed by atoms with Gasteiger partial charge in [-0.1, -0.05) is 22.0 Å². The summed E-state index contributed by atoms with van der Waals surface area (Å²) in [4.78, 5) is -0.259. The maximum absolute atomic E-state index is 12.9. The lowest BCUT2D eigenvalue weighted by Crippen LogP contribution is -2.35. The van der Waals surface area contributed by atoms with Crippen molar-refractivity contribution in [2.75, 3.05) is 11.9 Å². The minimum atomic E-state index is -4.56. The molecule has 1 aliphatic carbocycles. The van der Waals surface area contributed by atoms with Gasteiger partial charge in [-0.3, -0.25) is 0 Å². The quantitative estimate of drug-likeness (QED) is 0.726. The van der Waals surface area contributed by atoms with Gasteiger partial charge in [0.25, 0.3) is 0 Å². The molecule has 0 aromatic heterocycles. The molecule has 0 bridgehead atoms. The average Bonchev–Trinajstić information content (AvgIpc) is 3.18. The molecule has 8 heteroatoms. The van der Waals surface area contributed by atoms with Crippen molar-refractivity contribution < 1.29 is 21.6 Å². The average molecular weight is 386 g/mol. The Hall–Kier alpha value is -0.600. The molecule has 0 atom stereocenters. The number of alkyl halides is 4. The van der Waals surface area contributed by atoms with Gasteiger partial charge in [0.2, 0.25) is 10.0 Å². The highest BCUT2D eigenvalue weighted by molar-refractivity contribution is 9.09. The number of sulfonamides is 1. The van der Waals surface area contributed by atoms with E-state index in [4.69, 9.17) is 0 Å².